The molecule has 0 bridgehead atoms. The van der Waals surface area contributed by atoms with Crippen molar-refractivity contribution in [2.75, 3.05) is 26.2 Å². The van der Waals surface area contributed by atoms with E-state index in [4.69, 9.17) is 15.9 Å². The Labute approximate surface area is 83.5 Å². The summed E-state index contributed by atoms with van der Waals surface area (Å²) in [6.07, 6.45) is 2.18. The molecule has 0 amide bonds. The molecule has 1 atom stereocenters. The molecule has 0 aromatic heterocycles. The first-order valence-electron chi connectivity index (χ1n) is 4.94. The number of nitrogens with two attached hydrogens (primary N) is 1. The molecular formula is C9H18N2O3. The van der Waals surface area contributed by atoms with E-state index in [1.54, 1.807) is 0 Å². The summed E-state index contributed by atoms with van der Waals surface area (Å²) < 4.78 is 0. The fourth-order valence-electron chi connectivity index (χ4n) is 1.73. The van der Waals surface area contributed by atoms with E-state index in [1.807, 2.05) is 4.90 Å². The highest BCUT2D eigenvalue weighted by molar-refractivity contribution is 5.79. The normalized spacial score (nSPS) is 28.1. The zero-order chi connectivity index (χ0) is 10.6. The number of hydrogen-bond acceptors (Lipinski definition) is 4. The van der Waals surface area contributed by atoms with Gasteiger partial charge in [0, 0.05) is 19.7 Å². The monoisotopic (exact) mass is 202 g/mol. The number of carboxylic acids is 1. The number of aliphatic hydroxyl groups excluding tert-OH is 1. The molecule has 0 saturated carbocycles. The highest BCUT2D eigenvalue weighted by Crippen LogP contribution is 2.19. The molecule has 1 fully saturated rings. The van der Waals surface area contributed by atoms with Crippen molar-refractivity contribution < 1.29 is 15.0 Å². The van der Waals surface area contributed by atoms with Gasteiger partial charge in [0.25, 0.3) is 0 Å². The van der Waals surface area contributed by atoms with Crippen LogP contribution >= 0.6 is 0 Å². The van der Waals surface area contributed by atoms with Gasteiger partial charge >= 0.3 is 5.97 Å². The first kappa shape index (κ1) is 11.4. The molecule has 0 aromatic carbocycles. The number of unbranched alkanes of at least 4 members (excludes halogenated alkanes) is 1. The summed E-state index contributed by atoms with van der Waals surface area (Å²) in [7, 11) is 0. The maximum absolute atomic E-state index is 10.8. The fourth-order valence-corrected chi connectivity index (χ4v) is 1.73. The van der Waals surface area contributed by atoms with Gasteiger partial charge in [0.2, 0.25) is 0 Å². The maximum atomic E-state index is 10.8. The Morgan fingerprint density at radius 1 is 1.50 bits per heavy atom. The van der Waals surface area contributed by atoms with E-state index < -0.39 is 11.5 Å². The first-order valence-corrected chi connectivity index (χ1v) is 4.94. The highest BCUT2D eigenvalue weighted by Gasteiger charge is 2.40. The lowest BCUT2D eigenvalue weighted by Gasteiger charge is -2.19. The SMILES string of the molecule is NC1(C(=O)O)CCN(CCCCO)C1. The molecular weight excluding hydrogens is 184 g/mol. The van der Waals surface area contributed by atoms with Crippen LogP contribution in [0.4, 0.5) is 0 Å². The summed E-state index contributed by atoms with van der Waals surface area (Å²) in [6.45, 7) is 2.19. The summed E-state index contributed by atoms with van der Waals surface area (Å²) in [5.41, 5.74) is 4.65. The van der Waals surface area contributed by atoms with E-state index in [1.165, 1.54) is 0 Å². The van der Waals surface area contributed by atoms with Crippen LogP contribution in [0.15, 0.2) is 0 Å². The smallest absolute Gasteiger partial charge is 0.325 e. The Kier molecular flexibility index (Phi) is 3.86. The number of nitrogens with zero attached hydrogens (tertiary/aromatic N) is 1. The average molecular weight is 202 g/mol. The molecule has 1 unspecified atom stereocenters. The zero-order valence-corrected chi connectivity index (χ0v) is 8.28. The second kappa shape index (κ2) is 4.72. The summed E-state index contributed by atoms with van der Waals surface area (Å²) in [5, 5.41) is 17.5. The average Bonchev–Trinajstić information content (AvgIpc) is 2.50. The second-order valence-corrected chi connectivity index (χ2v) is 3.92. The van der Waals surface area contributed by atoms with Crippen LogP contribution in [-0.2, 0) is 4.79 Å². The van der Waals surface area contributed by atoms with E-state index >= 15 is 0 Å². The lowest BCUT2D eigenvalue weighted by molar-refractivity contribution is -0.142. The van der Waals surface area contributed by atoms with Crippen LogP contribution in [0, 0.1) is 0 Å². The minimum absolute atomic E-state index is 0.195. The molecule has 82 valence electrons. The van der Waals surface area contributed by atoms with E-state index in [9.17, 15) is 4.79 Å². The summed E-state index contributed by atoms with van der Waals surface area (Å²) >= 11 is 0. The topological polar surface area (TPSA) is 86.8 Å². The summed E-state index contributed by atoms with van der Waals surface area (Å²) in [5.74, 6) is -0.915. The molecule has 1 saturated heterocycles. The molecule has 4 N–H and O–H groups in total. The number of rotatable bonds is 5. The molecule has 5 nitrogen and oxygen atoms in total. The minimum atomic E-state index is -1.06. The van der Waals surface area contributed by atoms with Gasteiger partial charge in [-0.05, 0) is 25.8 Å². The predicted octanol–water partition coefficient (Wildman–Crippen LogP) is -0.753. The van der Waals surface area contributed by atoms with Gasteiger partial charge < -0.3 is 20.8 Å². The van der Waals surface area contributed by atoms with Gasteiger partial charge in [-0.3, -0.25) is 4.79 Å². The van der Waals surface area contributed by atoms with Gasteiger partial charge in [0.05, 0.1) is 0 Å². The Balaban J connectivity index is 2.30. The Morgan fingerprint density at radius 3 is 2.71 bits per heavy atom. The van der Waals surface area contributed by atoms with Crippen LogP contribution in [-0.4, -0.2) is 52.9 Å². The van der Waals surface area contributed by atoms with Gasteiger partial charge in [-0.15, -0.1) is 0 Å². The Bertz CT molecular complexity index is 210. The molecule has 0 aliphatic carbocycles. The van der Waals surface area contributed by atoms with Crippen molar-refractivity contribution in [1.82, 2.24) is 4.90 Å². The standard InChI is InChI=1S/C9H18N2O3/c10-9(8(13)14)3-5-11(7-9)4-1-2-6-12/h12H,1-7,10H2,(H,13,14). The van der Waals surface area contributed by atoms with Crippen molar-refractivity contribution in [2.45, 2.75) is 24.8 Å². The summed E-state index contributed by atoms with van der Waals surface area (Å²) in [4.78, 5) is 12.9. The van der Waals surface area contributed by atoms with Gasteiger partial charge in [-0.2, -0.15) is 0 Å². The van der Waals surface area contributed by atoms with Crippen molar-refractivity contribution in [3.05, 3.63) is 0 Å². The fraction of sp³-hybridized carbons (Fsp3) is 0.889. The Hall–Kier alpha value is -0.650. The molecule has 1 rings (SSSR count). The van der Waals surface area contributed by atoms with Crippen LogP contribution in [0.5, 0.6) is 0 Å². The number of likely N-dealkylation sites (tertiary alicyclic amines) is 1. The van der Waals surface area contributed by atoms with Gasteiger partial charge in [0.1, 0.15) is 5.54 Å². The highest BCUT2D eigenvalue weighted by atomic mass is 16.4. The van der Waals surface area contributed by atoms with Crippen LogP contribution < -0.4 is 5.73 Å². The van der Waals surface area contributed by atoms with Crippen LogP contribution in [0.25, 0.3) is 0 Å². The van der Waals surface area contributed by atoms with Gasteiger partial charge in [0.15, 0.2) is 0 Å². The molecule has 1 aliphatic rings. The van der Waals surface area contributed by atoms with E-state index in [2.05, 4.69) is 0 Å². The molecule has 0 aromatic rings. The Morgan fingerprint density at radius 2 is 2.21 bits per heavy atom. The number of carboxylic acid groups (broad SMARTS) is 1. The van der Waals surface area contributed by atoms with Crippen LogP contribution in [0.1, 0.15) is 19.3 Å². The van der Waals surface area contributed by atoms with E-state index in [0.29, 0.717) is 13.0 Å². The van der Waals surface area contributed by atoms with Gasteiger partial charge in [-0.25, -0.2) is 0 Å². The van der Waals surface area contributed by atoms with Crippen molar-refractivity contribution in [3.8, 4) is 0 Å². The minimum Gasteiger partial charge on any atom is -0.480 e. The zero-order valence-electron chi connectivity index (χ0n) is 8.28. The van der Waals surface area contributed by atoms with Crippen molar-refractivity contribution in [3.63, 3.8) is 0 Å². The summed E-state index contributed by atoms with van der Waals surface area (Å²) in [6, 6.07) is 0. The van der Waals surface area contributed by atoms with E-state index in [-0.39, 0.29) is 6.61 Å². The van der Waals surface area contributed by atoms with E-state index in [0.717, 1.165) is 25.9 Å². The first-order chi connectivity index (χ1) is 6.58. The lowest BCUT2D eigenvalue weighted by atomic mass is 10.0. The number of hydrogen-bond donors (Lipinski definition) is 3. The van der Waals surface area contributed by atoms with Gasteiger partial charge in [-0.1, -0.05) is 0 Å². The predicted molar refractivity (Wildman–Crippen MR) is 51.9 cm³/mol. The number of aliphatic hydroxyl groups is 1. The third kappa shape index (κ3) is 2.67. The molecule has 0 radical (unpaired) electrons. The quantitative estimate of drug-likeness (QED) is 0.510. The van der Waals surface area contributed by atoms with Crippen LogP contribution in [0.3, 0.4) is 0 Å². The third-order valence-corrected chi connectivity index (χ3v) is 2.69. The molecule has 0 spiro atoms. The number of carbonyl (C=O) groups is 1. The molecule has 5 heteroatoms. The third-order valence-electron chi connectivity index (χ3n) is 2.69. The van der Waals surface area contributed by atoms with Crippen molar-refractivity contribution in [1.29, 1.82) is 0 Å². The van der Waals surface area contributed by atoms with Crippen LogP contribution in [0.2, 0.25) is 0 Å². The second-order valence-electron chi connectivity index (χ2n) is 3.92. The molecule has 1 aliphatic heterocycles. The lowest BCUT2D eigenvalue weighted by Crippen LogP contribution is -2.50. The van der Waals surface area contributed by atoms with Crippen molar-refractivity contribution in [2.24, 2.45) is 5.73 Å². The molecule has 1 heterocycles. The molecule has 14 heavy (non-hydrogen) atoms. The number of aliphatic carboxylic acids is 1. The van der Waals surface area contributed by atoms with Crippen molar-refractivity contribution >= 4 is 5.97 Å². The largest absolute Gasteiger partial charge is 0.480 e. The maximum Gasteiger partial charge on any atom is 0.325 e.